The summed E-state index contributed by atoms with van der Waals surface area (Å²) in [7, 11) is 0. The standard InChI is InChI=1S/C14H22N4O2/c1-4-11-8-13(17-10(3)16-11)18-7-6-15-9-12(18)14(19)20-5-2/h8,12,15H,4-7,9H2,1-3H3. The number of carbonyl (C=O) groups excluding carboxylic acids is 1. The molecule has 1 fully saturated rings. The molecule has 1 aliphatic heterocycles. The summed E-state index contributed by atoms with van der Waals surface area (Å²) >= 11 is 0. The number of hydrogen-bond donors (Lipinski definition) is 1. The summed E-state index contributed by atoms with van der Waals surface area (Å²) in [5.74, 6) is 1.35. The first-order valence-corrected chi connectivity index (χ1v) is 7.14. The van der Waals surface area contributed by atoms with Gasteiger partial charge in [-0.05, 0) is 20.3 Å². The highest BCUT2D eigenvalue weighted by Crippen LogP contribution is 2.18. The van der Waals surface area contributed by atoms with Crippen molar-refractivity contribution in [3.05, 3.63) is 17.6 Å². The number of anilines is 1. The second-order valence-corrected chi connectivity index (χ2v) is 4.78. The topological polar surface area (TPSA) is 67.3 Å². The first kappa shape index (κ1) is 14.7. The fourth-order valence-electron chi connectivity index (χ4n) is 2.37. The normalized spacial score (nSPS) is 18.9. The van der Waals surface area contributed by atoms with E-state index in [0.29, 0.717) is 13.2 Å². The molecule has 0 bridgehead atoms. The molecule has 0 amide bonds. The summed E-state index contributed by atoms with van der Waals surface area (Å²) in [5.41, 5.74) is 0.994. The van der Waals surface area contributed by atoms with Crippen LogP contribution in [0.4, 0.5) is 5.82 Å². The predicted molar refractivity (Wildman–Crippen MR) is 76.8 cm³/mol. The van der Waals surface area contributed by atoms with Gasteiger partial charge in [-0.25, -0.2) is 14.8 Å². The van der Waals surface area contributed by atoms with Gasteiger partial charge in [0, 0.05) is 31.4 Å². The Morgan fingerprint density at radius 3 is 3.00 bits per heavy atom. The summed E-state index contributed by atoms with van der Waals surface area (Å²) in [6, 6.07) is 1.65. The Hall–Kier alpha value is -1.69. The number of ether oxygens (including phenoxy) is 1. The van der Waals surface area contributed by atoms with Gasteiger partial charge in [-0.1, -0.05) is 6.92 Å². The van der Waals surface area contributed by atoms with Gasteiger partial charge in [-0.3, -0.25) is 0 Å². The number of rotatable bonds is 4. The average Bonchev–Trinajstić information content (AvgIpc) is 2.46. The molecule has 0 saturated carbocycles. The molecule has 0 radical (unpaired) electrons. The third-order valence-corrected chi connectivity index (χ3v) is 3.34. The van der Waals surface area contributed by atoms with Crippen molar-refractivity contribution in [1.29, 1.82) is 0 Å². The van der Waals surface area contributed by atoms with E-state index >= 15 is 0 Å². The second kappa shape index (κ2) is 6.65. The molecule has 110 valence electrons. The molecule has 1 atom stereocenters. The van der Waals surface area contributed by atoms with Crippen LogP contribution in [0.5, 0.6) is 0 Å². The smallest absolute Gasteiger partial charge is 0.330 e. The van der Waals surface area contributed by atoms with Crippen LogP contribution in [-0.2, 0) is 16.0 Å². The van der Waals surface area contributed by atoms with Gasteiger partial charge in [0.2, 0.25) is 0 Å². The van der Waals surface area contributed by atoms with Gasteiger partial charge in [-0.15, -0.1) is 0 Å². The van der Waals surface area contributed by atoms with Crippen molar-refractivity contribution in [3.8, 4) is 0 Å². The Labute approximate surface area is 119 Å². The minimum Gasteiger partial charge on any atom is -0.464 e. The molecule has 6 nitrogen and oxygen atoms in total. The largest absolute Gasteiger partial charge is 0.464 e. The Balaban J connectivity index is 2.27. The van der Waals surface area contributed by atoms with Gasteiger partial charge in [0.15, 0.2) is 0 Å². The molecule has 1 aliphatic rings. The molecule has 1 N–H and O–H groups in total. The maximum atomic E-state index is 12.1. The maximum absolute atomic E-state index is 12.1. The van der Waals surface area contributed by atoms with E-state index in [4.69, 9.17) is 4.74 Å². The first-order chi connectivity index (χ1) is 9.65. The van der Waals surface area contributed by atoms with Crippen molar-refractivity contribution in [2.75, 3.05) is 31.1 Å². The number of hydrogen-bond acceptors (Lipinski definition) is 6. The van der Waals surface area contributed by atoms with Gasteiger partial charge < -0.3 is 15.0 Å². The minimum atomic E-state index is -0.317. The SMILES string of the molecule is CCOC(=O)C1CNCCN1c1cc(CC)nc(C)n1. The molecule has 20 heavy (non-hydrogen) atoms. The summed E-state index contributed by atoms with van der Waals surface area (Å²) in [6.07, 6.45) is 0.854. The van der Waals surface area contributed by atoms with Crippen LogP contribution < -0.4 is 10.2 Å². The van der Waals surface area contributed by atoms with Crippen LogP contribution in [-0.4, -0.2) is 48.2 Å². The van der Waals surface area contributed by atoms with Gasteiger partial charge >= 0.3 is 5.97 Å². The quantitative estimate of drug-likeness (QED) is 0.817. The zero-order valence-corrected chi connectivity index (χ0v) is 12.3. The Bertz CT molecular complexity index is 478. The fraction of sp³-hybridized carbons (Fsp3) is 0.643. The van der Waals surface area contributed by atoms with Crippen LogP contribution >= 0.6 is 0 Å². The van der Waals surface area contributed by atoms with Crippen molar-refractivity contribution in [3.63, 3.8) is 0 Å². The van der Waals surface area contributed by atoms with Crippen LogP contribution in [0, 0.1) is 6.92 Å². The van der Waals surface area contributed by atoms with E-state index in [1.54, 1.807) is 0 Å². The zero-order chi connectivity index (χ0) is 14.5. The molecule has 1 aromatic rings. The number of aryl methyl sites for hydroxylation is 2. The Morgan fingerprint density at radius 2 is 2.30 bits per heavy atom. The van der Waals surface area contributed by atoms with E-state index in [2.05, 4.69) is 22.2 Å². The molecular formula is C14H22N4O2. The molecule has 2 heterocycles. The fourth-order valence-corrected chi connectivity index (χ4v) is 2.37. The van der Waals surface area contributed by atoms with Crippen LogP contribution in [0.25, 0.3) is 0 Å². The lowest BCUT2D eigenvalue weighted by Gasteiger charge is -2.35. The number of piperazine rings is 1. The van der Waals surface area contributed by atoms with E-state index in [-0.39, 0.29) is 12.0 Å². The van der Waals surface area contributed by atoms with Crippen LogP contribution in [0.15, 0.2) is 6.07 Å². The number of carbonyl (C=O) groups is 1. The second-order valence-electron chi connectivity index (χ2n) is 4.78. The minimum absolute atomic E-state index is 0.200. The van der Waals surface area contributed by atoms with E-state index in [0.717, 1.165) is 36.8 Å². The lowest BCUT2D eigenvalue weighted by Crippen LogP contribution is -2.56. The molecular weight excluding hydrogens is 256 g/mol. The highest BCUT2D eigenvalue weighted by atomic mass is 16.5. The molecule has 0 aliphatic carbocycles. The summed E-state index contributed by atoms with van der Waals surface area (Å²) in [4.78, 5) is 23.0. The van der Waals surface area contributed by atoms with Gasteiger partial charge in [0.25, 0.3) is 0 Å². The van der Waals surface area contributed by atoms with Gasteiger partial charge in [-0.2, -0.15) is 0 Å². The summed E-state index contributed by atoms with van der Waals surface area (Å²) < 4.78 is 5.16. The third kappa shape index (κ3) is 3.25. The molecule has 1 unspecified atom stereocenters. The van der Waals surface area contributed by atoms with Crippen molar-refractivity contribution in [1.82, 2.24) is 15.3 Å². The van der Waals surface area contributed by atoms with E-state index in [1.807, 2.05) is 24.8 Å². The highest BCUT2D eigenvalue weighted by molar-refractivity contribution is 5.80. The monoisotopic (exact) mass is 278 g/mol. The van der Waals surface area contributed by atoms with Crippen molar-refractivity contribution in [2.24, 2.45) is 0 Å². The number of nitrogens with zero attached hydrogens (tertiary/aromatic N) is 3. The van der Waals surface area contributed by atoms with Crippen molar-refractivity contribution >= 4 is 11.8 Å². The Morgan fingerprint density at radius 1 is 1.50 bits per heavy atom. The lowest BCUT2D eigenvalue weighted by atomic mass is 10.2. The van der Waals surface area contributed by atoms with Gasteiger partial charge in [0.05, 0.1) is 6.61 Å². The number of esters is 1. The van der Waals surface area contributed by atoms with Crippen LogP contribution in [0.1, 0.15) is 25.4 Å². The van der Waals surface area contributed by atoms with E-state index < -0.39 is 0 Å². The van der Waals surface area contributed by atoms with Crippen molar-refractivity contribution in [2.45, 2.75) is 33.2 Å². The molecule has 0 spiro atoms. The number of aromatic nitrogens is 2. The van der Waals surface area contributed by atoms with Crippen molar-refractivity contribution < 1.29 is 9.53 Å². The third-order valence-electron chi connectivity index (χ3n) is 3.34. The van der Waals surface area contributed by atoms with Gasteiger partial charge in [0.1, 0.15) is 17.7 Å². The molecule has 1 aromatic heterocycles. The lowest BCUT2D eigenvalue weighted by molar-refractivity contribution is -0.144. The number of nitrogens with one attached hydrogen (secondary N) is 1. The molecule has 6 heteroatoms. The maximum Gasteiger partial charge on any atom is 0.330 e. The molecule has 2 rings (SSSR count). The first-order valence-electron chi connectivity index (χ1n) is 7.14. The summed E-state index contributed by atoms with van der Waals surface area (Å²) in [6.45, 7) is 8.32. The predicted octanol–water partition coefficient (Wildman–Crippen LogP) is 0.689. The van der Waals surface area contributed by atoms with E-state index in [1.165, 1.54) is 0 Å². The van der Waals surface area contributed by atoms with E-state index in [9.17, 15) is 4.79 Å². The zero-order valence-electron chi connectivity index (χ0n) is 12.3. The van der Waals surface area contributed by atoms with Crippen LogP contribution in [0.3, 0.4) is 0 Å². The molecule has 1 saturated heterocycles. The van der Waals surface area contributed by atoms with Crippen LogP contribution in [0.2, 0.25) is 0 Å². The molecule has 0 aromatic carbocycles. The summed E-state index contributed by atoms with van der Waals surface area (Å²) in [5, 5.41) is 3.23. The highest BCUT2D eigenvalue weighted by Gasteiger charge is 2.31. The Kier molecular flexibility index (Phi) is 4.89. The average molecular weight is 278 g/mol.